The lowest BCUT2D eigenvalue weighted by Gasteiger charge is -2.07. The van der Waals surface area contributed by atoms with Gasteiger partial charge >= 0.3 is 0 Å². The fraction of sp³-hybridized carbons (Fsp3) is 0.0769. The summed E-state index contributed by atoms with van der Waals surface area (Å²) in [6, 6.07) is 9.26. The summed E-state index contributed by atoms with van der Waals surface area (Å²) in [7, 11) is 0. The van der Waals surface area contributed by atoms with E-state index in [-0.39, 0.29) is 5.91 Å². The van der Waals surface area contributed by atoms with E-state index in [1.54, 1.807) is 12.3 Å². The first-order valence-electron chi connectivity index (χ1n) is 5.25. The van der Waals surface area contributed by atoms with Crippen LogP contribution in [0.3, 0.4) is 0 Å². The van der Waals surface area contributed by atoms with Gasteiger partial charge in [0.1, 0.15) is 0 Å². The van der Waals surface area contributed by atoms with Gasteiger partial charge in [-0.25, -0.2) is 0 Å². The number of aryl methyl sites for hydroxylation is 1. The molecule has 0 saturated heterocycles. The van der Waals surface area contributed by atoms with Crippen molar-refractivity contribution in [1.29, 1.82) is 0 Å². The highest BCUT2D eigenvalue weighted by molar-refractivity contribution is 14.1. The first-order chi connectivity index (χ1) is 8.56. The Labute approximate surface area is 127 Å². The highest BCUT2D eigenvalue weighted by Crippen LogP contribution is 2.21. The van der Waals surface area contributed by atoms with E-state index in [1.165, 1.54) is 0 Å². The number of benzene rings is 1. The number of amides is 1. The van der Waals surface area contributed by atoms with Gasteiger partial charge in [0.05, 0.1) is 5.56 Å². The van der Waals surface area contributed by atoms with Gasteiger partial charge in [0.15, 0.2) is 0 Å². The molecule has 0 unspecified atom stereocenters. The van der Waals surface area contributed by atoms with Crippen LogP contribution in [-0.4, -0.2) is 10.9 Å². The second-order valence-electron chi connectivity index (χ2n) is 3.76. The molecule has 0 aliphatic carbocycles. The predicted octanol–water partition coefficient (Wildman–Crippen LogP) is 4.01. The minimum absolute atomic E-state index is 0.133. The molecule has 92 valence electrons. The zero-order valence-corrected chi connectivity index (χ0v) is 13.3. The quantitative estimate of drug-likeness (QED) is 0.751. The summed E-state index contributed by atoms with van der Waals surface area (Å²) in [4.78, 5) is 16.2. The first kappa shape index (κ1) is 13.5. The van der Waals surface area contributed by atoms with Crippen molar-refractivity contribution in [2.45, 2.75) is 6.92 Å². The zero-order valence-electron chi connectivity index (χ0n) is 9.58. The van der Waals surface area contributed by atoms with Crippen molar-refractivity contribution in [2.24, 2.45) is 0 Å². The van der Waals surface area contributed by atoms with Crippen LogP contribution in [0.1, 0.15) is 16.1 Å². The number of hydrogen-bond donors (Lipinski definition) is 1. The molecule has 0 saturated carbocycles. The second-order valence-corrected chi connectivity index (χ2v) is 5.86. The molecule has 0 atom stereocenters. The van der Waals surface area contributed by atoms with E-state index in [2.05, 4.69) is 48.8 Å². The Kier molecular flexibility index (Phi) is 4.34. The fourth-order valence-electron chi connectivity index (χ4n) is 1.49. The van der Waals surface area contributed by atoms with Gasteiger partial charge in [-0.3, -0.25) is 9.78 Å². The van der Waals surface area contributed by atoms with Crippen LogP contribution in [0, 0.1) is 10.5 Å². The molecule has 0 spiro atoms. The third-order valence-electron chi connectivity index (χ3n) is 2.33. The van der Waals surface area contributed by atoms with Crippen molar-refractivity contribution in [1.82, 2.24) is 4.98 Å². The van der Waals surface area contributed by atoms with Crippen molar-refractivity contribution < 1.29 is 4.79 Å². The summed E-state index contributed by atoms with van der Waals surface area (Å²) in [6.45, 7) is 1.89. The highest BCUT2D eigenvalue weighted by atomic mass is 127. The molecule has 0 aliphatic heterocycles. The van der Waals surface area contributed by atoms with E-state index in [9.17, 15) is 4.79 Å². The average Bonchev–Trinajstić information content (AvgIpc) is 2.32. The topological polar surface area (TPSA) is 42.0 Å². The molecule has 5 heteroatoms. The molecular formula is C13H10BrIN2O. The Morgan fingerprint density at radius 2 is 2.11 bits per heavy atom. The standard InChI is InChI=1S/C13H10BrIN2O/c1-8-6-10(4-5-16-8)17-13(18)11-7-9(15)2-3-12(11)14/h2-7H,1H3,(H,16,17,18). The van der Waals surface area contributed by atoms with Crippen molar-refractivity contribution in [3.05, 3.63) is 55.8 Å². The summed E-state index contributed by atoms with van der Waals surface area (Å²) < 4.78 is 1.80. The maximum atomic E-state index is 12.1. The van der Waals surface area contributed by atoms with Crippen LogP contribution in [0.5, 0.6) is 0 Å². The Hall–Kier alpha value is -0.950. The fourth-order valence-corrected chi connectivity index (χ4v) is 2.41. The average molecular weight is 417 g/mol. The van der Waals surface area contributed by atoms with Crippen molar-refractivity contribution in [3.63, 3.8) is 0 Å². The highest BCUT2D eigenvalue weighted by Gasteiger charge is 2.10. The maximum absolute atomic E-state index is 12.1. The molecule has 0 aliphatic rings. The third-order valence-corrected chi connectivity index (χ3v) is 3.69. The number of hydrogen-bond acceptors (Lipinski definition) is 2. The summed E-state index contributed by atoms with van der Waals surface area (Å²) in [5, 5.41) is 2.85. The Morgan fingerprint density at radius 1 is 1.33 bits per heavy atom. The van der Waals surface area contributed by atoms with Gasteiger partial charge in [-0.15, -0.1) is 0 Å². The number of carbonyl (C=O) groups is 1. The van der Waals surface area contributed by atoms with E-state index >= 15 is 0 Å². The van der Waals surface area contributed by atoms with E-state index < -0.39 is 0 Å². The van der Waals surface area contributed by atoms with Crippen molar-refractivity contribution in [3.8, 4) is 0 Å². The number of halogens is 2. The van der Waals surface area contributed by atoms with E-state index in [1.807, 2.05) is 31.2 Å². The molecule has 0 radical (unpaired) electrons. The van der Waals surface area contributed by atoms with Crippen LogP contribution in [0.15, 0.2) is 41.0 Å². The number of rotatable bonds is 2. The van der Waals surface area contributed by atoms with Gasteiger partial charge in [-0.1, -0.05) is 0 Å². The van der Waals surface area contributed by atoms with Gasteiger partial charge in [-0.05, 0) is 75.8 Å². The number of nitrogens with zero attached hydrogens (tertiary/aromatic N) is 1. The molecule has 0 fully saturated rings. The van der Waals surface area contributed by atoms with Crippen LogP contribution in [0.25, 0.3) is 0 Å². The zero-order chi connectivity index (χ0) is 13.1. The van der Waals surface area contributed by atoms with E-state index in [0.29, 0.717) is 5.56 Å². The monoisotopic (exact) mass is 416 g/mol. The lowest BCUT2D eigenvalue weighted by molar-refractivity contribution is 0.102. The van der Waals surface area contributed by atoms with E-state index in [4.69, 9.17) is 0 Å². The molecule has 2 aromatic rings. The Morgan fingerprint density at radius 3 is 2.83 bits per heavy atom. The van der Waals surface area contributed by atoms with Crippen molar-refractivity contribution in [2.75, 3.05) is 5.32 Å². The predicted molar refractivity (Wildman–Crippen MR) is 83.8 cm³/mol. The molecule has 1 aromatic carbocycles. The Balaban J connectivity index is 2.24. The summed E-state index contributed by atoms with van der Waals surface area (Å²) in [6.07, 6.45) is 1.68. The lowest BCUT2D eigenvalue weighted by atomic mass is 10.2. The van der Waals surface area contributed by atoms with Gasteiger partial charge in [0.25, 0.3) is 5.91 Å². The lowest BCUT2D eigenvalue weighted by Crippen LogP contribution is -2.13. The largest absolute Gasteiger partial charge is 0.322 e. The molecule has 1 amide bonds. The minimum atomic E-state index is -0.133. The van der Waals surface area contributed by atoms with Gasteiger partial charge in [0, 0.05) is 25.6 Å². The molecule has 3 nitrogen and oxygen atoms in total. The molecule has 1 heterocycles. The molecule has 18 heavy (non-hydrogen) atoms. The van der Waals surface area contributed by atoms with Gasteiger partial charge < -0.3 is 5.32 Å². The molecule has 1 N–H and O–H groups in total. The summed E-state index contributed by atoms with van der Waals surface area (Å²) in [5.41, 5.74) is 2.24. The van der Waals surface area contributed by atoms with Gasteiger partial charge in [0.2, 0.25) is 0 Å². The molecular weight excluding hydrogens is 407 g/mol. The normalized spacial score (nSPS) is 10.2. The van der Waals surface area contributed by atoms with Crippen LogP contribution in [0.4, 0.5) is 5.69 Å². The Bertz CT molecular complexity index is 601. The van der Waals surface area contributed by atoms with Crippen LogP contribution < -0.4 is 5.32 Å². The molecule has 1 aromatic heterocycles. The second kappa shape index (κ2) is 5.79. The van der Waals surface area contributed by atoms with Crippen LogP contribution in [0.2, 0.25) is 0 Å². The van der Waals surface area contributed by atoms with Crippen LogP contribution >= 0.6 is 38.5 Å². The minimum Gasteiger partial charge on any atom is -0.322 e. The SMILES string of the molecule is Cc1cc(NC(=O)c2cc(I)ccc2Br)ccn1. The number of nitrogens with one attached hydrogen (secondary N) is 1. The van der Waals surface area contributed by atoms with Crippen LogP contribution in [-0.2, 0) is 0 Å². The molecule has 2 rings (SSSR count). The van der Waals surface area contributed by atoms with Crippen molar-refractivity contribution >= 4 is 50.1 Å². The summed E-state index contributed by atoms with van der Waals surface area (Å²) >= 11 is 5.56. The third kappa shape index (κ3) is 3.29. The molecule has 0 bridgehead atoms. The maximum Gasteiger partial charge on any atom is 0.256 e. The number of pyridine rings is 1. The smallest absolute Gasteiger partial charge is 0.256 e. The van der Waals surface area contributed by atoms with E-state index in [0.717, 1.165) is 19.4 Å². The number of anilines is 1. The van der Waals surface area contributed by atoms with Gasteiger partial charge in [-0.2, -0.15) is 0 Å². The summed E-state index contributed by atoms with van der Waals surface area (Å²) in [5.74, 6) is -0.133. The number of carbonyl (C=O) groups excluding carboxylic acids is 1. The first-order valence-corrected chi connectivity index (χ1v) is 7.12. The number of aromatic nitrogens is 1.